The van der Waals surface area contributed by atoms with Crippen molar-refractivity contribution in [3.8, 4) is 11.5 Å². The molecule has 3 aromatic rings. The Hall–Kier alpha value is -3.51. The van der Waals surface area contributed by atoms with E-state index in [2.05, 4.69) is 5.32 Å². The van der Waals surface area contributed by atoms with E-state index in [1.54, 1.807) is 36.1 Å². The summed E-state index contributed by atoms with van der Waals surface area (Å²) < 4.78 is 5.81. The van der Waals surface area contributed by atoms with E-state index in [-0.39, 0.29) is 11.9 Å². The van der Waals surface area contributed by atoms with Crippen LogP contribution < -0.4 is 15.0 Å². The summed E-state index contributed by atoms with van der Waals surface area (Å²) in [5.41, 5.74) is 1.36. The first kappa shape index (κ1) is 20.8. The maximum absolute atomic E-state index is 13.0. The molecule has 1 atom stereocenters. The van der Waals surface area contributed by atoms with Crippen LogP contribution in [-0.4, -0.2) is 36.0 Å². The van der Waals surface area contributed by atoms with Crippen LogP contribution in [0.2, 0.25) is 5.02 Å². The molecule has 1 N–H and O–H groups in total. The van der Waals surface area contributed by atoms with Crippen LogP contribution in [0.25, 0.3) is 0 Å². The zero-order valence-electron chi connectivity index (χ0n) is 17.0. The van der Waals surface area contributed by atoms with Gasteiger partial charge in [-0.1, -0.05) is 35.9 Å². The van der Waals surface area contributed by atoms with Crippen molar-refractivity contribution in [2.24, 2.45) is 0 Å². The second-order valence-corrected chi connectivity index (χ2v) is 7.65. The number of ether oxygens (including phenoxy) is 1. The van der Waals surface area contributed by atoms with E-state index in [0.29, 0.717) is 29.5 Å². The van der Waals surface area contributed by atoms with Gasteiger partial charge in [0.2, 0.25) is 5.91 Å². The van der Waals surface area contributed by atoms with E-state index in [1.807, 2.05) is 54.6 Å². The van der Waals surface area contributed by atoms with Gasteiger partial charge in [0.1, 0.15) is 17.5 Å². The molecular formula is C24H22ClN3O3. The summed E-state index contributed by atoms with van der Waals surface area (Å²) in [7, 11) is 0. The first-order valence-corrected chi connectivity index (χ1v) is 10.4. The Morgan fingerprint density at radius 1 is 0.968 bits per heavy atom. The zero-order chi connectivity index (χ0) is 21.8. The number of nitrogens with one attached hydrogen (secondary N) is 1. The highest BCUT2D eigenvalue weighted by Crippen LogP contribution is 2.26. The van der Waals surface area contributed by atoms with Gasteiger partial charge in [-0.15, -0.1) is 0 Å². The lowest BCUT2D eigenvalue weighted by Gasteiger charge is -2.39. The van der Waals surface area contributed by atoms with Gasteiger partial charge in [0.15, 0.2) is 0 Å². The molecule has 0 aliphatic carbocycles. The van der Waals surface area contributed by atoms with E-state index in [1.165, 1.54) is 4.90 Å². The van der Waals surface area contributed by atoms with Crippen molar-refractivity contribution in [2.75, 3.05) is 23.3 Å². The van der Waals surface area contributed by atoms with E-state index < -0.39 is 6.04 Å². The number of carbonyl (C=O) groups excluding carboxylic acids is 2. The standard InChI is InChI=1S/C24H22ClN3O3/c1-17-23(29)28(15-14-27(17)24(30)26-19-7-5-6-18(25)16-19)20-10-12-22(13-11-20)31-21-8-3-2-4-9-21/h2-13,16-17H,14-15H2,1H3,(H,26,30)/t17-/m0/s1. The molecule has 3 amide bonds. The molecule has 1 aliphatic rings. The van der Waals surface area contributed by atoms with Gasteiger partial charge in [0.05, 0.1) is 0 Å². The summed E-state index contributed by atoms with van der Waals surface area (Å²) in [6, 6.07) is 22.9. The first-order chi connectivity index (χ1) is 15.0. The van der Waals surface area contributed by atoms with Crippen molar-refractivity contribution >= 4 is 34.9 Å². The maximum atomic E-state index is 13.0. The number of para-hydroxylation sites is 1. The third kappa shape index (κ3) is 4.81. The van der Waals surface area contributed by atoms with Gasteiger partial charge in [-0.05, 0) is 61.5 Å². The lowest BCUT2D eigenvalue weighted by molar-refractivity contribution is -0.123. The Bertz CT molecular complexity index is 1070. The molecule has 7 heteroatoms. The van der Waals surface area contributed by atoms with Crippen molar-refractivity contribution in [1.82, 2.24) is 4.90 Å². The van der Waals surface area contributed by atoms with Crippen molar-refractivity contribution < 1.29 is 14.3 Å². The van der Waals surface area contributed by atoms with Crippen LogP contribution in [-0.2, 0) is 4.79 Å². The normalized spacial score (nSPS) is 16.2. The highest BCUT2D eigenvalue weighted by atomic mass is 35.5. The van der Waals surface area contributed by atoms with Crippen molar-refractivity contribution in [2.45, 2.75) is 13.0 Å². The van der Waals surface area contributed by atoms with Crippen LogP contribution in [0.15, 0.2) is 78.9 Å². The number of hydrogen-bond donors (Lipinski definition) is 1. The largest absolute Gasteiger partial charge is 0.457 e. The minimum atomic E-state index is -0.590. The third-order valence-electron chi connectivity index (χ3n) is 5.12. The molecule has 1 heterocycles. The van der Waals surface area contributed by atoms with Crippen molar-refractivity contribution in [3.63, 3.8) is 0 Å². The minimum absolute atomic E-state index is 0.135. The van der Waals surface area contributed by atoms with Crippen LogP contribution in [0, 0.1) is 0 Å². The summed E-state index contributed by atoms with van der Waals surface area (Å²) in [5, 5.41) is 3.34. The fourth-order valence-electron chi connectivity index (χ4n) is 3.48. The van der Waals surface area contributed by atoms with E-state index >= 15 is 0 Å². The molecule has 0 unspecified atom stereocenters. The number of anilines is 2. The Kier molecular flexibility index (Phi) is 6.09. The molecule has 31 heavy (non-hydrogen) atoms. The van der Waals surface area contributed by atoms with Crippen LogP contribution in [0.3, 0.4) is 0 Å². The van der Waals surface area contributed by atoms with E-state index in [0.717, 1.165) is 11.4 Å². The smallest absolute Gasteiger partial charge is 0.322 e. The van der Waals surface area contributed by atoms with Crippen molar-refractivity contribution in [3.05, 3.63) is 83.9 Å². The molecule has 0 aromatic heterocycles. The number of carbonyl (C=O) groups is 2. The number of rotatable bonds is 4. The fraction of sp³-hybridized carbons (Fsp3) is 0.167. The Morgan fingerprint density at radius 3 is 2.39 bits per heavy atom. The number of benzene rings is 3. The quantitative estimate of drug-likeness (QED) is 0.596. The van der Waals surface area contributed by atoms with Gasteiger partial charge in [-0.2, -0.15) is 0 Å². The SMILES string of the molecule is C[C@H]1C(=O)N(c2ccc(Oc3ccccc3)cc2)CCN1C(=O)Nc1cccc(Cl)c1. The molecule has 3 aromatic carbocycles. The molecule has 1 fully saturated rings. The number of urea groups is 1. The summed E-state index contributed by atoms with van der Waals surface area (Å²) in [4.78, 5) is 28.9. The number of halogens is 1. The number of piperazine rings is 1. The number of nitrogens with zero attached hydrogens (tertiary/aromatic N) is 2. The van der Waals surface area contributed by atoms with Gasteiger partial charge in [0, 0.05) is 29.5 Å². The van der Waals surface area contributed by atoms with Crippen LogP contribution in [0.1, 0.15) is 6.92 Å². The topological polar surface area (TPSA) is 61.9 Å². The third-order valence-corrected chi connectivity index (χ3v) is 5.35. The summed E-state index contributed by atoms with van der Waals surface area (Å²) in [6.07, 6.45) is 0. The molecule has 0 bridgehead atoms. The van der Waals surface area contributed by atoms with E-state index in [4.69, 9.17) is 16.3 Å². The number of hydrogen-bond acceptors (Lipinski definition) is 3. The number of amides is 3. The average molecular weight is 436 g/mol. The Balaban J connectivity index is 1.40. The average Bonchev–Trinajstić information content (AvgIpc) is 2.77. The molecule has 1 saturated heterocycles. The predicted octanol–water partition coefficient (Wildman–Crippen LogP) is 5.40. The predicted molar refractivity (Wildman–Crippen MR) is 122 cm³/mol. The first-order valence-electron chi connectivity index (χ1n) is 9.99. The minimum Gasteiger partial charge on any atom is -0.457 e. The monoisotopic (exact) mass is 435 g/mol. The van der Waals surface area contributed by atoms with Gasteiger partial charge < -0.3 is 19.9 Å². The summed E-state index contributed by atoms with van der Waals surface area (Å²) in [5.74, 6) is 1.30. The maximum Gasteiger partial charge on any atom is 0.322 e. The fourth-order valence-corrected chi connectivity index (χ4v) is 3.67. The molecule has 0 spiro atoms. The lowest BCUT2D eigenvalue weighted by Crippen LogP contribution is -2.58. The second-order valence-electron chi connectivity index (χ2n) is 7.21. The second kappa shape index (κ2) is 9.10. The van der Waals surface area contributed by atoms with Crippen molar-refractivity contribution in [1.29, 1.82) is 0 Å². The molecule has 0 radical (unpaired) electrons. The Labute approximate surface area is 186 Å². The summed E-state index contributed by atoms with van der Waals surface area (Å²) in [6.45, 7) is 2.56. The van der Waals surface area contributed by atoms with E-state index in [9.17, 15) is 9.59 Å². The van der Waals surface area contributed by atoms with Gasteiger partial charge >= 0.3 is 6.03 Å². The molecule has 0 saturated carbocycles. The molecule has 1 aliphatic heterocycles. The highest BCUT2D eigenvalue weighted by Gasteiger charge is 2.35. The molecule has 6 nitrogen and oxygen atoms in total. The zero-order valence-corrected chi connectivity index (χ0v) is 17.8. The molecule has 4 rings (SSSR count). The Morgan fingerprint density at radius 2 is 1.68 bits per heavy atom. The van der Waals surface area contributed by atoms with Crippen LogP contribution in [0.4, 0.5) is 16.2 Å². The van der Waals surface area contributed by atoms with Gasteiger partial charge in [-0.25, -0.2) is 4.79 Å². The summed E-state index contributed by atoms with van der Waals surface area (Å²) >= 11 is 5.97. The highest BCUT2D eigenvalue weighted by molar-refractivity contribution is 6.30. The lowest BCUT2D eigenvalue weighted by atomic mass is 10.1. The van der Waals surface area contributed by atoms with Gasteiger partial charge in [-0.3, -0.25) is 4.79 Å². The van der Waals surface area contributed by atoms with Gasteiger partial charge in [0.25, 0.3) is 0 Å². The molecule has 158 valence electrons. The van der Waals surface area contributed by atoms with Crippen LogP contribution >= 0.6 is 11.6 Å². The molecular weight excluding hydrogens is 414 g/mol. The van der Waals surface area contributed by atoms with Crippen LogP contribution in [0.5, 0.6) is 11.5 Å².